The van der Waals surface area contributed by atoms with Crippen molar-refractivity contribution in [2.45, 2.75) is 26.1 Å². The van der Waals surface area contributed by atoms with E-state index in [9.17, 15) is 0 Å². The zero-order valence-electron chi connectivity index (χ0n) is 13.6. The first kappa shape index (κ1) is 15.4. The van der Waals surface area contributed by atoms with Crippen molar-refractivity contribution in [3.63, 3.8) is 0 Å². The Morgan fingerprint density at radius 3 is 2.71 bits per heavy atom. The SMILES string of the molecule is C[C@H]1CN(c2ncnc3c2cnn3-c2cccc(Cl)c2)C[C@H](C)O1. The van der Waals surface area contributed by atoms with Gasteiger partial charge in [-0.05, 0) is 32.0 Å². The van der Waals surface area contributed by atoms with Crippen LogP contribution in [0.15, 0.2) is 36.8 Å². The average Bonchev–Trinajstić information content (AvgIpc) is 2.98. The Hall–Kier alpha value is -2.18. The minimum absolute atomic E-state index is 0.168. The number of nitrogens with zero attached hydrogens (tertiary/aromatic N) is 5. The predicted octanol–water partition coefficient (Wildman–Crippen LogP) is 3.08. The highest BCUT2D eigenvalue weighted by Gasteiger charge is 2.25. The third kappa shape index (κ3) is 2.72. The lowest BCUT2D eigenvalue weighted by Gasteiger charge is -2.36. The summed E-state index contributed by atoms with van der Waals surface area (Å²) in [6.45, 7) is 5.77. The van der Waals surface area contributed by atoms with Gasteiger partial charge in [-0.25, -0.2) is 14.6 Å². The van der Waals surface area contributed by atoms with Gasteiger partial charge in [0.15, 0.2) is 5.65 Å². The molecule has 0 bridgehead atoms. The molecule has 4 rings (SSSR count). The molecule has 0 aliphatic carbocycles. The van der Waals surface area contributed by atoms with E-state index in [0.717, 1.165) is 35.6 Å². The summed E-state index contributed by atoms with van der Waals surface area (Å²) in [7, 11) is 0. The van der Waals surface area contributed by atoms with E-state index in [2.05, 4.69) is 33.8 Å². The third-order valence-corrected chi connectivity index (χ3v) is 4.35. The Kier molecular flexibility index (Phi) is 3.86. The highest BCUT2D eigenvalue weighted by atomic mass is 35.5. The first-order chi connectivity index (χ1) is 11.6. The molecule has 1 fully saturated rings. The largest absolute Gasteiger partial charge is 0.372 e. The zero-order valence-corrected chi connectivity index (χ0v) is 14.3. The number of halogens is 1. The maximum absolute atomic E-state index is 6.10. The lowest BCUT2D eigenvalue weighted by Crippen LogP contribution is -2.45. The molecule has 1 aromatic carbocycles. The van der Waals surface area contributed by atoms with Gasteiger partial charge in [-0.15, -0.1) is 0 Å². The molecule has 124 valence electrons. The fraction of sp³-hybridized carbons (Fsp3) is 0.353. The fourth-order valence-electron chi connectivity index (χ4n) is 3.23. The lowest BCUT2D eigenvalue weighted by molar-refractivity contribution is -0.00537. The summed E-state index contributed by atoms with van der Waals surface area (Å²) in [5.41, 5.74) is 1.65. The third-order valence-electron chi connectivity index (χ3n) is 4.12. The summed E-state index contributed by atoms with van der Waals surface area (Å²) >= 11 is 6.10. The average molecular weight is 344 g/mol. The highest BCUT2D eigenvalue weighted by Crippen LogP contribution is 2.27. The molecule has 0 spiro atoms. The van der Waals surface area contributed by atoms with Gasteiger partial charge in [-0.1, -0.05) is 17.7 Å². The van der Waals surface area contributed by atoms with Crippen LogP contribution >= 0.6 is 11.6 Å². The molecule has 0 N–H and O–H groups in total. The van der Waals surface area contributed by atoms with Gasteiger partial charge in [0.05, 0.1) is 29.5 Å². The van der Waals surface area contributed by atoms with Crippen LogP contribution in [0.3, 0.4) is 0 Å². The second-order valence-corrected chi connectivity index (χ2v) is 6.57. The van der Waals surface area contributed by atoms with E-state index in [1.807, 2.05) is 30.5 Å². The standard InChI is InChI=1S/C17H18ClN5O/c1-11-8-22(9-12(2)24-11)16-15-7-21-23(17(15)20-10-19-16)14-5-3-4-13(18)6-14/h3-7,10-12H,8-9H2,1-2H3/t11-,12-/m0/s1. The topological polar surface area (TPSA) is 56.1 Å². The quantitative estimate of drug-likeness (QED) is 0.715. The van der Waals surface area contributed by atoms with Crippen LogP contribution in [0.2, 0.25) is 5.02 Å². The molecule has 0 unspecified atom stereocenters. The van der Waals surface area contributed by atoms with Crippen molar-refractivity contribution in [2.75, 3.05) is 18.0 Å². The molecular formula is C17H18ClN5O. The smallest absolute Gasteiger partial charge is 0.168 e. The summed E-state index contributed by atoms with van der Waals surface area (Å²) in [5.74, 6) is 0.898. The molecule has 2 aromatic heterocycles. The van der Waals surface area contributed by atoms with Crippen LogP contribution in [-0.2, 0) is 4.74 Å². The fourth-order valence-corrected chi connectivity index (χ4v) is 3.42. The summed E-state index contributed by atoms with van der Waals surface area (Å²) in [4.78, 5) is 11.2. The van der Waals surface area contributed by atoms with E-state index in [4.69, 9.17) is 16.3 Å². The first-order valence-corrected chi connectivity index (χ1v) is 8.34. The van der Waals surface area contributed by atoms with Crippen molar-refractivity contribution in [2.24, 2.45) is 0 Å². The summed E-state index contributed by atoms with van der Waals surface area (Å²) in [6.07, 6.45) is 3.74. The molecule has 24 heavy (non-hydrogen) atoms. The van der Waals surface area contributed by atoms with Crippen molar-refractivity contribution < 1.29 is 4.74 Å². The molecule has 0 amide bonds. The van der Waals surface area contributed by atoms with Crippen LogP contribution in [0.5, 0.6) is 0 Å². The van der Waals surface area contributed by atoms with Gasteiger partial charge in [-0.2, -0.15) is 5.10 Å². The van der Waals surface area contributed by atoms with E-state index in [1.165, 1.54) is 0 Å². The molecule has 1 saturated heterocycles. The molecule has 0 saturated carbocycles. The van der Waals surface area contributed by atoms with E-state index in [0.29, 0.717) is 5.02 Å². The molecular weight excluding hydrogens is 326 g/mol. The number of benzene rings is 1. The summed E-state index contributed by atoms with van der Waals surface area (Å²) in [6, 6.07) is 7.57. The van der Waals surface area contributed by atoms with Crippen molar-refractivity contribution in [3.05, 3.63) is 41.8 Å². The van der Waals surface area contributed by atoms with Gasteiger partial charge in [0.2, 0.25) is 0 Å². The van der Waals surface area contributed by atoms with Crippen LogP contribution < -0.4 is 4.90 Å². The van der Waals surface area contributed by atoms with Crippen molar-refractivity contribution >= 4 is 28.5 Å². The van der Waals surface area contributed by atoms with Crippen LogP contribution in [0.25, 0.3) is 16.7 Å². The number of ether oxygens (including phenoxy) is 1. The van der Waals surface area contributed by atoms with Gasteiger partial charge in [0.1, 0.15) is 12.1 Å². The second kappa shape index (κ2) is 6.03. The van der Waals surface area contributed by atoms with Crippen molar-refractivity contribution in [1.29, 1.82) is 0 Å². The van der Waals surface area contributed by atoms with Gasteiger partial charge in [-0.3, -0.25) is 0 Å². The molecule has 7 heteroatoms. The van der Waals surface area contributed by atoms with Crippen LogP contribution in [0, 0.1) is 0 Å². The molecule has 3 aromatic rings. The summed E-state index contributed by atoms with van der Waals surface area (Å²) in [5, 5.41) is 6.10. The minimum Gasteiger partial charge on any atom is -0.372 e. The Morgan fingerprint density at radius 2 is 1.96 bits per heavy atom. The zero-order chi connectivity index (χ0) is 16.7. The van der Waals surface area contributed by atoms with Crippen molar-refractivity contribution in [1.82, 2.24) is 19.7 Å². The van der Waals surface area contributed by atoms with Gasteiger partial charge in [0, 0.05) is 18.1 Å². The number of anilines is 1. The normalized spacial score (nSPS) is 21.4. The van der Waals surface area contributed by atoms with E-state index in [1.54, 1.807) is 11.0 Å². The molecule has 2 atom stereocenters. The number of hydrogen-bond acceptors (Lipinski definition) is 5. The molecule has 1 aliphatic heterocycles. The number of aromatic nitrogens is 4. The number of hydrogen-bond donors (Lipinski definition) is 0. The number of fused-ring (bicyclic) bond motifs is 1. The van der Waals surface area contributed by atoms with E-state index >= 15 is 0 Å². The van der Waals surface area contributed by atoms with Crippen LogP contribution in [-0.4, -0.2) is 45.0 Å². The predicted molar refractivity (Wildman–Crippen MR) is 93.9 cm³/mol. The highest BCUT2D eigenvalue weighted by molar-refractivity contribution is 6.30. The van der Waals surface area contributed by atoms with Crippen molar-refractivity contribution in [3.8, 4) is 5.69 Å². The van der Waals surface area contributed by atoms with Gasteiger partial charge in [0.25, 0.3) is 0 Å². The monoisotopic (exact) mass is 343 g/mol. The van der Waals surface area contributed by atoms with Gasteiger partial charge < -0.3 is 9.64 Å². The van der Waals surface area contributed by atoms with E-state index < -0.39 is 0 Å². The Bertz CT molecular complexity index is 870. The van der Waals surface area contributed by atoms with Crippen LogP contribution in [0.4, 0.5) is 5.82 Å². The maximum Gasteiger partial charge on any atom is 0.168 e. The summed E-state index contributed by atoms with van der Waals surface area (Å²) < 4.78 is 7.61. The second-order valence-electron chi connectivity index (χ2n) is 6.13. The number of morpholine rings is 1. The lowest BCUT2D eigenvalue weighted by atomic mass is 10.2. The molecule has 0 radical (unpaired) electrons. The van der Waals surface area contributed by atoms with E-state index in [-0.39, 0.29) is 12.2 Å². The molecule has 1 aliphatic rings. The Morgan fingerprint density at radius 1 is 1.17 bits per heavy atom. The molecule has 6 nitrogen and oxygen atoms in total. The first-order valence-electron chi connectivity index (χ1n) is 7.97. The van der Waals surface area contributed by atoms with Crippen LogP contribution in [0.1, 0.15) is 13.8 Å². The van der Waals surface area contributed by atoms with Gasteiger partial charge >= 0.3 is 0 Å². The minimum atomic E-state index is 0.168. The Balaban J connectivity index is 1.79. The number of rotatable bonds is 2. The maximum atomic E-state index is 6.10. The molecule has 3 heterocycles. The Labute approximate surface area is 145 Å².